The van der Waals surface area contributed by atoms with Gasteiger partial charge < -0.3 is 9.64 Å². The molecular formula is C17H23F3N2O4S. The molecule has 1 N–H and O–H groups in total. The van der Waals surface area contributed by atoms with Crippen LogP contribution in [0, 0.1) is 5.92 Å². The summed E-state index contributed by atoms with van der Waals surface area (Å²) in [6, 6.07) is 5.93. The van der Waals surface area contributed by atoms with Crippen LogP contribution in [-0.4, -0.2) is 52.1 Å². The summed E-state index contributed by atoms with van der Waals surface area (Å²) in [6.45, 7) is 0.775. The smallest absolute Gasteiger partial charge is 0.389 e. The van der Waals surface area contributed by atoms with E-state index in [2.05, 4.69) is 4.72 Å². The zero-order valence-electron chi connectivity index (χ0n) is 15.0. The van der Waals surface area contributed by atoms with Gasteiger partial charge in [-0.2, -0.15) is 13.2 Å². The van der Waals surface area contributed by atoms with Gasteiger partial charge in [0, 0.05) is 26.1 Å². The molecule has 1 atom stereocenters. The maximum Gasteiger partial charge on any atom is 0.389 e. The number of halogens is 3. The van der Waals surface area contributed by atoms with Crippen molar-refractivity contribution in [3.8, 4) is 5.75 Å². The molecule has 27 heavy (non-hydrogen) atoms. The van der Waals surface area contributed by atoms with Gasteiger partial charge in [-0.15, -0.1) is 0 Å². The standard InChI is InChI=1S/C17H23F3N2O4S/c1-26-14-4-6-15(7-5-14)27(24,25)21-11-13-3-2-10-22(12-13)16(23)8-9-17(18,19)20/h4-7,13,21H,2-3,8-12H2,1H3/t13-/m1/s1. The van der Waals surface area contributed by atoms with Gasteiger partial charge in [0.1, 0.15) is 5.75 Å². The third-order valence-electron chi connectivity index (χ3n) is 4.43. The van der Waals surface area contributed by atoms with E-state index in [0.29, 0.717) is 25.1 Å². The number of sulfonamides is 1. The number of likely N-dealkylation sites (tertiary alicyclic amines) is 1. The van der Waals surface area contributed by atoms with Crippen LogP contribution in [0.1, 0.15) is 25.7 Å². The van der Waals surface area contributed by atoms with Gasteiger partial charge in [0.2, 0.25) is 15.9 Å². The average molecular weight is 408 g/mol. The number of benzene rings is 1. The van der Waals surface area contributed by atoms with Gasteiger partial charge in [0.05, 0.1) is 18.4 Å². The predicted octanol–water partition coefficient (Wildman–Crippen LogP) is 2.55. The number of piperidine rings is 1. The van der Waals surface area contributed by atoms with E-state index in [0.717, 1.165) is 0 Å². The summed E-state index contributed by atoms with van der Waals surface area (Å²) in [5, 5.41) is 0. The van der Waals surface area contributed by atoms with Crippen LogP contribution >= 0.6 is 0 Å². The number of amides is 1. The van der Waals surface area contributed by atoms with Crippen LogP contribution in [0.4, 0.5) is 13.2 Å². The number of carbonyl (C=O) groups is 1. The summed E-state index contributed by atoms with van der Waals surface area (Å²) < 4.78 is 69.0. The van der Waals surface area contributed by atoms with Crippen molar-refractivity contribution in [3.63, 3.8) is 0 Å². The molecule has 0 aromatic heterocycles. The Bertz CT molecular complexity index is 736. The number of hydrogen-bond donors (Lipinski definition) is 1. The Labute approximate surface area is 156 Å². The molecule has 2 rings (SSSR count). The molecule has 1 aromatic carbocycles. The zero-order chi connectivity index (χ0) is 20.1. The number of ether oxygens (including phenoxy) is 1. The molecule has 0 radical (unpaired) electrons. The number of methoxy groups -OCH3 is 1. The molecule has 1 amide bonds. The summed E-state index contributed by atoms with van der Waals surface area (Å²) in [6.07, 6.45) is -4.75. The second-order valence-electron chi connectivity index (χ2n) is 6.49. The number of alkyl halides is 3. The van der Waals surface area contributed by atoms with Gasteiger partial charge in [-0.1, -0.05) is 0 Å². The maximum atomic E-state index is 12.3. The maximum absolute atomic E-state index is 12.3. The minimum atomic E-state index is -4.36. The second kappa shape index (κ2) is 8.92. The monoisotopic (exact) mass is 408 g/mol. The van der Waals surface area contributed by atoms with Crippen molar-refractivity contribution in [2.45, 2.75) is 36.8 Å². The number of carbonyl (C=O) groups excluding carboxylic acids is 1. The van der Waals surface area contributed by atoms with Gasteiger partial charge >= 0.3 is 6.18 Å². The van der Waals surface area contributed by atoms with Crippen LogP contribution in [0.15, 0.2) is 29.2 Å². The number of hydrogen-bond acceptors (Lipinski definition) is 4. The van der Waals surface area contributed by atoms with Crippen molar-refractivity contribution in [3.05, 3.63) is 24.3 Å². The molecule has 0 aliphatic carbocycles. The van der Waals surface area contributed by atoms with E-state index in [4.69, 9.17) is 4.74 Å². The summed E-state index contributed by atoms with van der Waals surface area (Å²) >= 11 is 0. The Balaban J connectivity index is 1.88. The Morgan fingerprint density at radius 3 is 2.56 bits per heavy atom. The first-order chi connectivity index (χ1) is 12.6. The third-order valence-corrected chi connectivity index (χ3v) is 5.87. The Kier molecular flexibility index (Phi) is 7.10. The van der Waals surface area contributed by atoms with E-state index in [1.807, 2.05) is 0 Å². The molecule has 10 heteroatoms. The lowest BCUT2D eigenvalue weighted by Crippen LogP contribution is -2.43. The fourth-order valence-electron chi connectivity index (χ4n) is 2.93. The highest BCUT2D eigenvalue weighted by Crippen LogP contribution is 2.24. The normalized spacial score (nSPS) is 18.4. The first-order valence-corrected chi connectivity index (χ1v) is 10.1. The molecule has 1 aromatic rings. The van der Waals surface area contributed by atoms with Crippen LogP contribution in [0.25, 0.3) is 0 Å². The van der Waals surface area contributed by atoms with Crippen LogP contribution in [0.3, 0.4) is 0 Å². The molecule has 1 heterocycles. The number of nitrogens with one attached hydrogen (secondary N) is 1. The van der Waals surface area contributed by atoms with Crippen LogP contribution in [-0.2, 0) is 14.8 Å². The van der Waals surface area contributed by atoms with Crippen molar-refractivity contribution in [2.24, 2.45) is 5.92 Å². The summed E-state index contributed by atoms with van der Waals surface area (Å²) in [7, 11) is -2.23. The third kappa shape index (κ3) is 6.69. The molecule has 1 aliphatic rings. The molecule has 1 aliphatic heterocycles. The molecule has 1 saturated heterocycles. The largest absolute Gasteiger partial charge is 0.497 e. The fraction of sp³-hybridized carbons (Fsp3) is 0.588. The summed E-state index contributed by atoms with van der Waals surface area (Å²) in [5.41, 5.74) is 0. The van der Waals surface area contributed by atoms with Gasteiger partial charge in [0.15, 0.2) is 0 Å². The van der Waals surface area contributed by atoms with Crippen LogP contribution in [0.2, 0.25) is 0 Å². The van der Waals surface area contributed by atoms with Gasteiger partial charge in [-0.25, -0.2) is 13.1 Å². The zero-order valence-corrected chi connectivity index (χ0v) is 15.8. The van der Waals surface area contributed by atoms with Crippen LogP contribution < -0.4 is 9.46 Å². The van der Waals surface area contributed by atoms with Crippen molar-refractivity contribution < 1.29 is 31.1 Å². The van der Waals surface area contributed by atoms with Crippen LogP contribution in [0.5, 0.6) is 5.75 Å². The highest BCUT2D eigenvalue weighted by atomic mass is 32.2. The van der Waals surface area contributed by atoms with E-state index in [1.165, 1.54) is 36.3 Å². The fourth-order valence-corrected chi connectivity index (χ4v) is 4.05. The molecule has 0 bridgehead atoms. The average Bonchev–Trinajstić information content (AvgIpc) is 2.64. The molecule has 0 spiro atoms. The summed E-state index contributed by atoms with van der Waals surface area (Å²) in [5.74, 6) is -0.147. The lowest BCUT2D eigenvalue weighted by atomic mass is 9.98. The number of rotatable bonds is 7. The molecular weight excluding hydrogens is 385 g/mol. The Morgan fingerprint density at radius 1 is 1.30 bits per heavy atom. The van der Waals surface area contributed by atoms with Crippen molar-refractivity contribution in [1.82, 2.24) is 9.62 Å². The van der Waals surface area contributed by atoms with E-state index < -0.39 is 34.9 Å². The highest BCUT2D eigenvalue weighted by Gasteiger charge is 2.31. The van der Waals surface area contributed by atoms with Crippen molar-refractivity contribution in [1.29, 1.82) is 0 Å². The van der Waals surface area contributed by atoms with E-state index in [1.54, 1.807) is 0 Å². The predicted molar refractivity (Wildman–Crippen MR) is 92.8 cm³/mol. The highest BCUT2D eigenvalue weighted by molar-refractivity contribution is 7.89. The second-order valence-corrected chi connectivity index (χ2v) is 8.26. The Morgan fingerprint density at radius 2 is 1.96 bits per heavy atom. The lowest BCUT2D eigenvalue weighted by molar-refractivity contribution is -0.150. The molecule has 6 nitrogen and oxygen atoms in total. The van der Waals surface area contributed by atoms with Crippen molar-refractivity contribution in [2.75, 3.05) is 26.7 Å². The SMILES string of the molecule is COc1ccc(S(=O)(=O)NC[C@H]2CCCN(C(=O)CCC(F)(F)F)C2)cc1. The van der Waals surface area contributed by atoms with Gasteiger partial charge in [0.25, 0.3) is 0 Å². The first-order valence-electron chi connectivity index (χ1n) is 8.59. The van der Waals surface area contributed by atoms with Gasteiger partial charge in [-0.3, -0.25) is 4.79 Å². The topological polar surface area (TPSA) is 75.7 Å². The quantitative estimate of drug-likeness (QED) is 0.752. The lowest BCUT2D eigenvalue weighted by Gasteiger charge is -2.33. The van der Waals surface area contributed by atoms with E-state index in [-0.39, 0.29) is 23.9 Å². The first kappa shape index (κ1) is 21.5. The number of nitrogens with zero attached hydrogens (tertiary/aromatic N) is 1. The van der Waals surface area contributed by atoms with Gasteiger partial charge in [-0.05, 0) is 43.0 Å². The minimum absolute atomic E-state index is 0.0946. The minimum Gasteiger partial charge on any atom is -0.497 e. The van der Waals surface area contributed by atoms with Crippen molar-refractivity contribution >= 4 is 15.9 Å². The summed E-state index contributed by atoms with van der Waals surface area (Å²) in [4.78, 5) is 13.4. The Hall–Kier alpha value is -1.81. The molecule has 0 unspecified atom stereocenters. The molecule has 1 fully saturated rings. The molecule has 0 saturated carbocycles. The molecule has 152 valence electrons. The van der Waals surface area contributed by atoms with E-state index in [9.17, 15) is 26.4 Å². The van der Waals surface area contributed by atoms with E-state index >= 15 is 0 Å².